The zero-order chi connectivity index (χ0) is 12.8. The van der Waals surface area contributed by atoms with Crippen molar-refractivity contribution < 1.29 is 0 Å². The Balaban J connectivity index is 1.86. The van der Waals surface area contributed by atoms with E-state index >= 15 is 0 Å². The van der Waals surface area contributed by atoms with Crippen molar-refractivity contribution in [3.8, 4) is 0 Å². The molecule has 2 rings (SSSR count). The highest BCUT2D eigenvalue weighted by Crippen LogP contribution is 2.18. The molecule has 0 radical (unpaired) electrons. The Labute approximate surface area is 116 Å². The third-order valence-corrected chi connectivity index (χ3v) is 3.71. The average molecular weight is 305 g/mol. The molecule has 0 aliphatic rings. The van der Waals surface area contributed by atoms with Gasteiger partial charge in [0.1, 0.15) is 0 Å². The summed E-state index contributed by atoms with van der Waals surface area (Å²) < 4.78 is 1.14. The number of aryl methyl sites for hydroxylation is 1. The van der Waals surface area contributed by atoms with Crippen LogP contribution in [-0.4, -0.2) is 11.0 Å². The number of benzene rings is 1. The van der Waals surface area contributed by atoms with Gasteiger partial charge >= 0.3 is 0 Å². The lowest BCUT2D eigenvalue weighted by molar-refractivity contribution is 0.604. The molecule has 3 heteroatoms. The zero-order valence-electron chi connectivity index (χ0n) is 10.2. The van der Waals surface area contributed by atoms with Crippen LogP contribution in [0.1, 0.15) is 17.7 Å². The summed E-state index contributed by atoms with van der Waals surface area (Å²) in [6, 6.07) is 14.4. The van der Waals surface area contributed by atoms with E-state index < -0.39 is 0 Å². The van der Waals surface area contributed by atoms with E-state index in [0.717, 1.165) is 29.4 Å². The maximum Gasteiger partial charge on any atom is 0.0404 e. The summed E-state index contributed by atoms with van der Waals surface area (Å²) >= 11 is 3.55. The minimum Gasteiger partial charge on any atom is -0.327 e. The standard InChI is InChI=1S/C15H17BrN2/c16-15-7-2-1-5-12(15)11-13(17)8-9-14-6-3-4-10-18-14/h1-7,10,13H,8-9,11,17H2. The van der Waals surface area contributed by atoms with Crippen LogP contribution in [0.4, 0.5) is 0 Å². The van der Waals surface area contributed by atoms with Gasteiger partial charge in [0, 0.05) is 22.4 Å². The molecule has 2 N–H and O–H groups in total. The van der Waals surface area contributed by atoms with Gasteiger partial charge in [-0.05, 0) is 43.0 Å². The first-order valence-electron chi connectivity index (χ1n) is 6.14. The molecule has 1 aromatic carbocycles. The van der Waals surface area contributed by atoms with Crippen LogP contribution in [0, 0.1) is 0 Å². The van der Waals surface area contributed by atoms with E-state index in [4.69, 9.17) is 5.73 Å². The topological polar surface area (TPSA) is 38.9 Å². The molecule has 0 spiro atoms. The van der Waals surface area contributed by atoms with E-state index in [0.29, 0.717) is 0 Å². The van der Waals surface area contributed by atoms with Crippen LogP contribution in [0.3, 0.4) is 0 Å². The number of hydrogen-bond donors (Lipinski definition) is 1. The van der Waals surface area contributed by atoms with Crippen LogP contribution in [-0.2, 0) is 12.8 Å². The first-order chi connectivity index (χ1) is 8.75. The van der Waals surface area contributed by atoms with Gasteiger partial charge in [0.15, 0.2) is 0 Å². The van der Waals surface area contributed by atoms with Crippen molar-refractivity contribution >= 4 is 15.9 Å². The van der Waals surface area contributed by atoms with E-state index in [1.807, 2.05) is 36.5 Å². The summed E-state index contributed by atoms with van der Waals surface area (Å²) in [6.45, 7) is 0. The third kappa shape index (κ3) is 3.93. The molecule has 0 saturated heterocycles. The molecule has 0 fully saturated rings. The van der Waals surface area contributed by atoms with E-state index in [2.05, 4.69) is 33.0 Å². The third-order valence-electron chi connectivity index (χ3n) is 2.94. The number of nitrogens with zero attached hydrogens (tertiary/aromatic N) is 1. The molecule has 0 aliphatic carbocycles. The summed E-state index contributed by atoms with van der Waals surface area (Å²) in [5.74, 6) is 0. The zero-order valence-corrected chi connectivity index (χ0v) is 11.8. The van der Waals surface area contributed by atoms with Gasteiger partial charge in [0.25, 0.3) is 0 Å². The van der Waals surface area contributed by atoms with Crippen molar-refractivity contribution in [2.45, 2.75) is 25.3 Å². The molecule has 1 aromatic heterocycles. The quantitative estimate of drug-likeness (QED) is 0.920. The largest absolute Gasteiger partial charge is 0.327 e. The lowest BCUT2D eigenvalue weighted by Crippen LogP contribution is -2.23. The predicted octanol–water partition coefficient (Wildman–Crippen LogP) is 3.35. The summed E-state index contributed by atoms with van der Waals surface area (Å²) in [5.41, 5.74) is 8.55. The first-order valence-corrected chi connectivity index (χ1v) is 6.94. The Bertz CT molecular complexity index is 485. The van der Waals surface area contributed by atoms with Crippen molar-refractivity contribution in [2.24, 2.45) is 5.73 Å². The highest BCUT2D eigenvalue weighted by Gasteiger charge is 2.07. The molecule has 1 unspecified atom stereocenters. The van der Waals surface area contributed by atoms with Gasteiger partial charge in [0.05, 0.1) is 0 Å². The summed E-state index contributed by atoms with van der Waals surface area (Å²) in [5, 5.41) is 0. The maximum atomic E-state index is 6.17. The Kier molecular flexibility index (Phi) is 4.90. The molecule has 0 bridgehead atoms. The SMILES string of the molecule is NC(CCc1ccccn1)Cc1ccccc1Br. The van der Waals surface area contributed by atoms with Crippen LogP contribution >= 0.6 is 15.9 Å². The monoisotopic (exact) mass is 304 g/mol. The van der Waals surface area contributed by atoms with Gasteiger partial charge in [-0.15, -0.1) is 0 Å². The highest BCUT2D eigenvalue weighted by atomic mass is 79.9. The number of nitrogens with two attached hydrogens (primary N) is 1. The fraction of sp³-hybridized carbons (Fsp3) is 0.267. The van der Waals surface area contributed by atoms with Gasteiger partial charge in [-0.3, -0.25) is 4.98 Å². The van der Waals surface area contributed by atoms with E-state index in [9.17, 15) is 0 Å². The smallest absolute Gasteiger partial charge is 0.0404 e. The first kappa shape index (κ1) is 13.2. The molecular weight excluding hydrogens is 288 g/mol. The average Bonchev–Trinajstić information content (AvgIpc) is 2.40. The van der Waals surface area contributed by atoms with Gasteiger partial charge in [-0.2, -0.15) is 0 Å². The van der Waals surface area contributed by atoms with E-state index in [1.165, 1.54) is 5.56 Å². The van der Waals surface area contributed by atoms with Crippen LogP contribution in [0.25, 0.3) is 0 Å². The fourth-order valence-corrected chi connectivity index (χ4v) is 2.37. The highest BCUT2D eigenvalue weighted by molar-refractivity contribution is 9.10. The number of rotatable bonds is 5. The molecular formula is C15H17BrN2. The minimum absolute atomic E-state index is 0.172. The Morgan fingerprint density at radius 1 is 1.11 bits per heavy atom. The van der Waals surface area contributed by atoms with Crippen LogP contribution in [0.2, 0.25) is 0 Å². The summed E-state index contributed by atoms with van der Waals surface area (Å²) in [6.07, 6.45) is 4.62. The second-order valence-corrected chi connectivity index (χ2v) is 5.27. The van der Waals surface area contributed by atoms with Crippen LogP contribution in [0.5, 0.6) is 0 Å². The van der Waals surface area contributed by atoms with Gasteiger partial charge < -0.3 is 5.73 Å². The van der Waals surface area contributed by atoms with Crippen LogP contribution in [0.15, 0.2) is 53.1 Å². The molecule has 0 aliphatic heterocycles. The number of aromatic nitrogens is 1. The van der Waals surface area contributed by atoms with Crippen molar-refractivity contribution in [1.29, 1.82) is 0 Å². The van der Waals surface area contributed by atoms with Crippen molar-refractivity contribution in [3.63, 3.8) is 0 Å². The molecule has 18 heavy (non-hydrogen) atoms. The van der Waals surface area contributed by atoms with Gasteiger partial charge in [-0.25, -0.2) is 0 Å². The summed E-state index contributed by atoms with van der Waals surface area (Å²) in [7, 11) is 0. The molecule has 0 saturated carbocycles. The maximum absolute atomic E-state index is 6.17. The lowest BCUT2D eigenvalue weighted by Gasteiger charge is -2.12. The Hall–Kier alpha value is -1.19. The van der Waals surface area contributed by atoms with Crippen LogP contribution < -0.4 is 5.73 Å². The second kappa shape index (κ2) is 6.66. The Morgan fingerprint density at radius 2 is 1.89 bits per heavy atom. The normalized spacial score (nSPS) is 12.3. The van der Waals surface area contributed by atoms with Gasteiger partial charge in [0.2, 0.25) is 0 Å². The Morgan fingerprint density at radius 3 is 2.61 bits per heavy atom. The molecule has 2 nitrogen and oxygen atoms in total. The molecule has 2 aromatic rings. The molecule has 94 valence electrons. The molecule has 0 amide bonds. The molecule has 1 atom stereocenters. The van der Waals surface area contributed by atoms with Crippen molar-refractivity contribution in [3.05, 3.63) is 64.4 Å². The fourth-order valence-electron chi connectivity index (χ4n) is 1.93. The number of hydrogen-bond acceptors (Lipinski definition) is 2. The van der Waals surface area contributed by atoms with Gasteiger partial charge in [-0.1, -0.05) is 40.2 Å². The predicted molar refractivity (Wildman–Crippen MR) is 78.4 cm³/mol. The van der Waals surface area contributed by atoms with E-state index in [1.54, 1.807) is 0 Å². The second-order valence-electron chi connectivity index (χ2n) is 4.42. The minimum atomic E-state index is 0.172. The van der Waals surface area contributed by atoms with Crippen molar-refractivity contribution in [2.75, 3.05) is 0 Å². The summed E-state index contributed by atoms with van der Waals surface area (Å²) in [4.78, 5) is 4.31. The lowest BCUT2D eigenvalue weighted by atomic mass is 10.0. The van der Waals surface area contributed by atoms with E-state index in [-0.39, 0.29) is 6.04 Å². The molecule has 1 heterocycles. The number of halogens is 1. The van der Waals surface area contributed by atoms with Crippen molar-refractivity contribution in [1.82, 2.24) is 4.98 Å². The number of pyridine rings is 1.